The fraction of sp³-hybridized carbons (Fsp3) is 0.667. The quantitative estimate of drug-likeness (QED) is 0.553. The van der Waals surface area contributed by atoms with Gasteiger partial charge in [-0.3, -0.25) is 24.0 Å². The highest BCUT2D eigenvalue weighted by Crippen LogP contribution is 2.32. The number of anilines is 1. The van der Waals surface area contributed by atoms with Gasteiger partial charge in [0, 0.05) is 52.2 Å². The van der Waals surface area contributed by atoms with Gasteiger partial charge in [-0.2, -0.15) is 0 Å². The highest BCUT2D eigenvalue weighted by Gasteiger charge is 2.33. The highest BCUT2D eigenvalue weighted by molar-refractivity contribution is 6.00. The number of nitrogens with one attached hydrogen (secondary N) is 1. The van der Waals surface area contributed by atoms with Crippen LogP contribution in [0.2, 0.25) is 0 Å². The maximum Gasteiger partial charge on any atom is 0.410 e. The summed E-state index contributed by atoms with van der Waals surface area (Å²) in [6.45, 7) is 9.96. The summed E-state index contributed by atoms with van der Waals surface area (Å²) in [7, 11) is 3.97. The van der Waals surface area contributed by atoms with Crippen molar-refractivity contribution in [2.24, 2.45) is 13.0 Å². The van der Waals surface area contributed by atoms with Crippen LogP contribution in [0.3, 0.4) is 0 Å². The Morgan fingerprint density at radius 2 is 1.71 bits per heavy atom. The molecule has 224 valence electrons. The molecule has 0 spiro atoms. The number of carbonyl (C=O) groups is 3. The minimum atomic E-state index is -0.686. The maximum atomic E-state index is 13.3. The largest absolute Gasteiger partial charge is 0.444 e. The average molecular weight is 569 g/mol. The van der Waals surface area contributed by atoms with Crippen LogP contribution in [0.4, 0.5) is 10.5 Å². The lowest BCUT2D eigenvalue weighted by Crippen LogP contribution is -2.47. The number of aryl methyl sites for hydroxylation is 1. The van der Waals surface area contributed by atoms with Crippen LogP contribution >= 0.6 is 0 Å². The first-order valence-corrected chi connectivity index (χ1v) is 14.9. The number of imide groups is 1. The van der Waals surface area contributed by atoms with Gasteiger partial charge in [0.05, 0.1) is 16.7 Å². The van der Waals surface area contributed by atoms with E-state index in [1.165, 1.54) is 0 Å². The number of fused-ring (bicyclic) bond motifs is 1. The lowest BCUT2D eigenvalue weighted by atomic mass is 9.94. The van der Waals surface area contributed by atoms with E-state index in [2.05, 4.69) is 28.2 Å². The molecule has 3 saturated heterocycles. The molecule has 3 aliphatic rings. The molecule has 11 nitrogen and oxygen atoms in total. The van der Waals surface area contributed by atoms with Gasteiger partial charge in [-0.1, -0.05) is 6.07 Å². The zero-order chi connectivity index (χ0) is 29.5. The zero-order valence-corrected chi connectivity index (χ0v) is 25.0. The van der Waals surface area contributed by atoms with E-state index in [-0.39, 0.29) is 24.1 Å². The van der Waals surface area contributed by atoms with E-state index in [1.807, 2.05) is 37.8 Å². The van der Waals surface area contributed by atoms with Crippen molar-refractivity contribution in [1.82, 2.24) is 24.3 Å². The van der Waals surface area contributed by atoms with Crippen molar-refractivity contribution < 1.29 is 19.1 Å². The van der Waals surface area contributed by atoms with Gasteiger partial charge in [0.2, 0.25) is 11.8 Å². The highest BCUT2D eigenvalue weighted by atomic mass is 16.6. The van der Waals surface area contributed by atoms with Gasteiger partial charge in [0.25, 0.3) is 0 Å². The Kier molecular flexibility index (Phi) is 8.18. The molecule has 0 aliphatic carbocycles. The molecule has 41 heavy (non-hydrogen) atoms. The SMILES string of the molecule is CN(CC1CCN(C(=O)OC(C)(C)C)CC1)C1CCN(c2cccc3c2n(C)c(=O)n3C2CCC(=O)NC2=O)CC1. The predicted octanol–water partition coefficient (Wildman–Crippen LogP) is 2.87. The van der Waals surface area contributed by atoms with E-state index >= 15 is 0 Å². The molecular weight excluding hydrogens is 524 g/mol. The molecule has 11 heteroatoms. The van der Waals surface area contributed by atoms with Gasteiger partial charge in [-0.25, -0.2) is 9.59 Å². The summed E-state index contributed by atoms with van der Waals surface area (Å²) >= 11 is 0. The molecule has 4 heterocycles. The number of likely N-dealkylation sites (tertiary alicyclic amines) is 1. The Balaban J connectivity index is 1.20. The summed E-state index contributed by atoms with van der Waals surface area (Å²) in [5.74, 6) is -0.146. The normalized spacial score (nSPS) is 21.6. The number of hydrogen-bond acceptors (Lipinski definition) is 7. The summed E-state index contributed by atoms with van der Waals surface area (Å²) < 4.78 is 8.72. The number of piperidine rings is 3. The predicted molar refractivity (Wildman–Crippen MR) is 157 cm³/mol. The molecule has 2 aromatic rings. The minimum absolute atomic E-state index is 0.211. The van der Waals surface area contributed by atoms with E-state index in [1.54, 1.807) is 16.2 Å². The van der Waals surface area contributed by atoms with E-state index in [9.17, 15) is 19.2 Å². The number of benzene rings is 1. The van der Waals surface area contributed by atoms with Crippen LogP contribution in [0.25, 0.3) is 11.0 Å². The molecular formula is C30H44N6O5. The third kappa shape index (κ3) is 6.14. The second kappa shape index (κ2) is 11.5. The summed E-state index contributed by atoms with van der Waals surface area (Å²) in [6, 6.07) is 5.68. The minimum Gasteiger partial charge on any atom is -0.444 e. The van der Waals surface area contributed by atoms with Gasteiger partial charge in [0.15, 0.2) is 0 Å². The molecule has 1 aromatic carbocycles. The van der Waals surface area contributed by atoms with Gasteiger partial charge in [-0.05, 0) is 78.0 Å². The third-order valence-electron chi connectivity index (χ3n) is 8.84. The van der Waals surface area contributed by atoms with Crippen LogP contribution in [-0.4, -0.2) is 88.3 Å². The average Bonchev–Trinajstić information content (AvgIpc) is 3.18. The van der Waals surface area contributed by atoms with Gasteiger partial charge < -0.3 is 19.4 Å². The van der Waals surface area contributed by atoms with E-state index in [0.29, 0.717) is 18.4 Å². The number of ether oxygens (including phenoxy) is 1. The number of amides is 3. The Morgan fingerprint density at radius 1 is 1.02 bits per heavy atom. The van der Waals surface area contributed by atoms with Crippen LogP contribution in [-0.2, 0) is 21.4 Å². The fourth-order valence-electron chi connectivity index (χ4n) is 6.63. The number of rotatable bonds is 5. The van der Waals surface area contributed by atoms with Crippen molar-refractivity contribution in [3.63, 3.8) is 0 Å². The second-order valence-corrected chi connectivity index (χ2v) is 12.9. The number of para-hydroxylation sites is 1. The maximum absolute atomic E-state index is 13.3. The molecule has 0 bridgehead atoms. The molecule has 5 rings (SSSR count). The summed E-state index contributed by atoms with van der Waals surface area (Å²) in [5, 5.41) is 2.38. The molecule has 1 atom stereocenters. The first kappa shape index (κ1) is 29.2. The first-order valence-electron chi connectivity index (χ1n) is 14.9. The molecule has 0 radical (unpaired) electrons. The summed E-state index contributed by atoms with van der Waals surface area (Å²) in [4.78, 5) is 56.7. The van der Waals surface area contributed by atoms with Gasteiger partial charge in [-0.15, -0.1) is 0 Å². The van der Waals surface area contributed by atoms with Crippen molar-refractivity contribution in [2.45, 2.75) is 77.0 Å². The third-order valence-corrected chi connectivity index (χ3v) is 8.84. The van der Waals surface area contributed by atoms with Crippen LogP contribution in [0.15, 0.2) is 23.0 Å². The summed E-state index contributed by atoms with van der Waals surface area (Å²) in [5.41, 5.74) is 1.84. The lowest BCUT2D eigenvalue weighted by Gasteiger charge is -2.40. The Morgan fingerprint density at radius 3 is 2.34 bits per heavy atom. The van der Waals surface area contributed by atoms with E-state index in [4.69, 9.17) is 4.74 Å². The van der Waals surface area contributed by atoms with Crippen molar-refractivity contribution in [3.8, 4) is 0 Å². The molecule has 0 saturated carbocycles. The lowest BCUT2D eigenvalue weighted by molar-refractivity contribution is -0.135. The monoisotopic (exact) mass is 568 g/mol. The van der Waals surface area contributed by atoms with E-state index < -0.39 is 17.6 Å². The van der Waals surface area contributed by atoms with Crippen LogP contribution in [0, 0.1) is 5.92 Å². The smallest absolute Gasteiger partial charge is 0.410 e. The van der Waals surface area contributed by atoms with Gasteiger partial charge in [0.1, 0.15) is 11.6 Å². The van der Waals surface area contributed by atoms with Crippen molar-refractivity contribution in [3.05, 3.63) is 28.7 Å². The zero-order valence-electron chi connectivity index (χ0n) is 25.0. The van der Waals surface area contributed by atoms with E-state index in [0.717, 1.165) is 75.1 Å². The fourth-order valence-corrected chi connectivity index (χ4v) is 6.63. The topological polar surface area (TPSA) is 109 Å². The number of carbonyl (C=O) groups excluding carboxylic acids is 3. The molecule has 3 aliphatic heterocycles. The Bertz CT molecular complexity index is 1360. The van der Waals surface area contributed by atoms with Gasteiger partial charge >= 0.3 is 11.8 Å². The first-order chi connectivity index (χ1) is 19.4. The molecule has 3 fully saturated rings. The summed E-state index contributed by atoms with van der Waals surface area (Å²) in [6.07, 6.45) is 4.35. The second-order valence-electron chi connectivity index (χ2n) is 12.9. The molecule has 1 aromatic heterocycles. The number of hydrogen-bond donors (Lipinski definition) is 1. The van der Waals surface area contributed by atoms with Crippen molar-refractivity contribution in [1.29, 1.82) is 0 Å². The Labute approximate surface area is 241 Å². The van der Waals surface area contributed by atoms with Crippen molar-refractivity contribution >= 4 is 34.6 Å². The van der Waals surface area contributed by atoms with Crippen LogP contribution in [0.1, 0.15) is 65.3 Å². The number of aromatic nitrogens is 2. The van der Waals surface area contributed by atoms with Crippen LogP contribution in [0.5, 0.6) is 0 Å². The standard InChI is InChI=1S/C30H44N6O5/c1-30(2,3)41-29(40)35-15-11-20(12-16-35)19-32(4)21-13-17-34(18-14-21)22-7-6-8-23-26(22)33(5)28(39)36(23)24-9-10-25(37)31-27(24)38/h6-8,20-21,24H,9-19H2,1-5H3,(H,31,37,38). The Hall–Kier alpha value is -3.34. The number of nitrogens with zero attached hydrogens (tertiary/aromatic N) is 5. The molecule has 3 amide bonds. The van der Waals surface area contributed by atoms with Crippen LogP contribution < -0.4 is 15.9 Å². The van der Waals surface area contributed by atoms with Crippen molar-refractivity contribution in [2.75, 3.05) is 44.7 Å². The molecule has 1 unspecified atom stereocenters. The molecule has 1 N–H and O–H groups in total. The number of imidazole rings is 1.